The molecule has 0 N–H and O–H groups in total. The van der Waals surface area contributed by atoms with Gasteiger partial charge in [0.25, 0.3) is 0 Å². The average molecular weight is 373 g/mol. The molecular weight excluding hydrogens is 345 g/mol. The van der Waals surface area contributed by atoms with Crippen LogP contribution in [0.3, 0.4) is 0 Å². The highest BCUT2D eigenvalue weighted by atomic mass is 16.7. The second-order valence-corrected chi connectivity index (χ2v) is 8.64. The molecule has 0 saturated carbocycles. The van der Waals surface area contributed by atoms with E-state index in [1.165, 1.54) is 22.0 Å². The quantitative estimate of drug-likeness (QED) is 0.615. The summed E-state index contributed by atoms with van der Waals surface area (Å²) >= 11 is 0. The van der Waals surface area contributed by atoms with E-state index in [9.17, 15) is 0 Å². The fourth-order valence-corrected chi connectivity index (χ4v) is 3.75. The van der Waals surface area contributed by atoms with Crippen molar-refractivity contribution < 1.29 is 9.31 Å². The zero-order valence-electron chi connectivity index (χ0n) is 17.4. The summed E-state index contributed by atoms with van der Waals surface area (Å²) in [5, 5.41) is 2.40. The van der Waals surface area contributed by atoms with Gasteiger partial charge in [-0.1, -0.05) is 54.6 Å². The topological polar surface area (TPSA) is 21.7 Å². The van der Waals surface area contributed by atoms with E-state index in [0.717, 1.165) is 12.0 Å². The predicted octanol–water partition coefficient (Wildman–Crippen LogP) is 4.78. The summed E-state index contributed by atoms with van der Waals surface area (Å²) in [6.45, 7) is 9.21. The number of benzene rings is 3. The molecule has 144 valence electrons. The molecule has 0 amide bonds. The summed E-state index contributed by atoms with van der Waals surface area (Å²) in [4.78, 5) is 2.26. The molecule has 0 bridgehead atoms. The maximum Gasteiger partial charge on any atom is 0.495 e. The minimum atomic E-state index is -0.379. The highest BCUT2D eigenvalue weighted by Crippen LogP contribution is 2.37. The monoisotopic (exact) mass is 373 g/mol. The van der Waals surface area contributed by atoms with Crippen molar-refractivity contribution in [2.75, 3.05) is 11.9 Å². The zero-order chi connectivity index (χ0) is 19.9. The molecule has 3 aromatic carbocycles. The van der Waals surface area contributed by atoms with Crippen molar-refractivity contribution in [3.05, 3.63) is 72.3 Å². The fraction of sp³-hybridized carbons (Fsp3) is 0.333. The summed E-state index contributed by atoms with van der Waals surface area (Å²) < 4.78 is 12.9. The van der Waals surface area contributed by atoms with Gasteiger partial charge >= 0.3 is 7.12 Å². The van der Waals surface area contributed by atoms with Crippen molar-refractivity contribution in [1.29, 1.82) is 0 Å². The number of hydrogen-bond donors (Lipinski definition) is 0. The Labute approximate surface area is 168 Å². The van der Waals surface area contributed by atoms with Crippen LogP contribution in [-0.4, -0.2) is 25.4 Å². The molecule has 4 rings (SSSR count). The molecule has 1 saturated heterocycles. The predicted molar refractivity (Wildman–Crippen MR) is 118 cm³/mol. The summed E-state index contributed by atoms with van der Waals surface area (Å²) in [6, 6.07) is 23.3. The van der Waals surface area contributed by atoms with E-state index < -0.39 is 0 Å². The van der Waals surface area contributed by atoms with E-state index in [4.69, 9.17) is 9.31 Å². The SMILES string of the molecule is CN(Cc1ccc2ccccc2c1B1OC(C)(C)C(C)(C)O1)c1ccccc1. The minimum absolute atomic E-state index is 0.364. The van der Waals surface area contributed by atoms with E-state index in [1.807, 2.05) is 6.07 Å². The largest absolute Gasteiger partial charge is 0.495 e. The van der Waals surface area contributed by atoms with Crippen molar-refractivity contribution in [2.24, 2.45) is 0 Å². The Hall–Kier alpha value is -2.30. The fourth-order valence-electron chi connectivity index (χ4n) is 3.75. The Morgan fingerprint density at radius 3 is 2.07 bits per heavy atom. The number of rotatable bonds is 4. The van der Waals surface area contributed by atoms with E-state index in [0.29, 0.717) is 0 Å². The van der Waals surface area contributed by atoms with Crippen LogP contribution in [0.4, 0.5) is 5.69 Å². The number of fused-ring (bicyclic) bond motifs is 1. The number of anilines is 1. The summed E-state index contributed by atoms with van der Waals surface area (Å²) in [6.07, 6.45) is 0. The van der Waals surface area contributed by atoms with Crippen molar-refractivity contribution in [2.45, 2.75) is 45.4 Å². The van der Waals surface area contributed by atoms with Crippen LogP contribution >= 0.6 is 0 Å². The van der Waals surface area contributed by atoms with Gasteiger partial charge < -0.3 is 14.2 Å². The zero-order valence-corrected chi connectivity index (χ0v) is 17.4. The van der Waals surface area contributed by atoms with Gasteiger partial charge in [0.05, 0.1) is 11.2 Å². The van der Waals surface area contributed by atoms with Gasteiger partial charge in [-0.2, -0.15) is 0 Å². The second-order valence-electron chi connectivity index (χ2n) is 8.64. The molecule has 0 aliphatic carbocycles. The first kappa shape index (κ1) is 19.0. The molecule has 1 aliphatic rings. The van der Waals surface area contributed by atoms with Crippen molar-refractivity contribution in [3.8, 4) is 0 Å². The molecule has 28 heavy (non-hydrogen) atoms. The van der Waals surface area contributed by atoms with Crippen LogP contribution in [0, 0.1) is 0 Å². The van der Waals surface area contributed by atoms with Gasteiger partial charge in [-0.25, -0.2) is 0 Å². The molecule has 4 heteroatoms. The first-order valence-corrected chi connectivity index (χ1v) is 9.91. The van der Waals surface area contributed by atoms with Crippen LogP contribution in [0.1, 0.15) is 33.3 Å². The Morgan fingerprint density at radius 1 is 0.786 bits per heavy atom. The van der Waals surface area contributed by atoms with Gasteiger partial charge in [0.2, 0.25) is 0 Å². The van der Waals surface area contributed by atoms with Crippen molar-refractivity contribution >= 4 is 29.0 Å². The molecule has 1 aliphatic heterocycles. The molecule has 1 fully saturated rings. The van der Waals surface area contributed by atoms with Crippen LogP contribution < -0.4 is 10.4 Å². The van der Waals surface area contributed by atoms with Crippen LogP contribution in [0.2, 0.25) is 0 Å². The van der Waals surface area contributed by atoms with Crippen LogP contribution in [-0.2, 0) is 15.9 Å². The Kier molecular flexibility index (Phi) is 4.72. The molecule has 0 atom stereocenters. The standard InChI is InChI=1S/C24H28BNO2/c1-23(2)24(3,4)28-25(27-23)22-19(16-15-18-11-9-10-14-21(18)22)17-26(5)20-12-7-6-8-13-20/h6-16H,17H2,1-5H3. The molecule has 3 nitrogen and oxygen atoms in total. The molecule has 0 radical (unpaired) electrons. The summed E-state index contributed by atoms with van der Waals surface area (Å²) in [5.74, 6) is 0. The highest BCUT2D eigenvalue weighted by Gasteiger charge is 2.52. The lowest BCUT2D eigenvalue weighted by Crippen LogP contribution is -2.41. The van der Waals surface area contributed by atoms with E-state index in [2.05, 4.69) is 100 Å². The maximum atomic E-state index is 6.45. The van der Waals surface area contributed by atoms with Crippen LogP contribution in [0.25, 0.3) is 10.8 Å². The third-order valence-electron chi connectivity index (χ3n) is 6.15. The minimum Gasteiger partial charge on any atom is -0.399 e. The van der Waals surface area contributed by atoms with Crippen LogP contribution in [0.15, 0.2) is 66.7 Å². The van der Waals surface area contributed by atoms with E-state index >= 15 is 0 Å². The lowest BCUT2D eigenvalue weighted by atomic mass is 9.73. The van der Waals surface area contributed by atoms with Gasteiger partial charge in [-0.15, -0.1) is 0 Å². The number of para-hydroxylation sites is 1. The van der Waals surface area contributed by atoms with Gasteiger partial charge in [-0.3, -0.25) is 0 Å². The van der Waals surface area contributed by atoms with Gasteiger partial charge in [-0.05, 0) is 61.6 Å². The van der Waals surface area contributed by atoms with Crippen LogP contribution in [0.5, 0.6) is 0 Å². The average Bonchev–Trinajstić information content (AvgIpc) is 2.89. The Morgan fingerprint density at radius 2 is 1.39 bits per heavy atom. The molecule has 0 spiro atoms. The van der Waals surface area contributed by atoms with Crippen molar-refractivity contribution in [1.82, 2.24) is 0 Å². The molecule has 1 heterocycles. The number of hydrogen-bond acceptors (Lipinski definition) is 3. The normalized spacial score (nSPS) is 17.8. The molecule has 3 aromatic rings. The Bertz CT molecular complexity index is 968. The summed E-state index contributed by atoms with van der Waals surface area (Å²) in [7, 11) is 1.74. The van der Waals surface area contributed by atoms with Gasteiger partial charge in [0.15, 0.2) is 0 Å². The second kappa shape index (κ2) is 6.95. The smallest absolute Gasteiger partial charge is 0.399 e. The van der Waals surface area contributed by atoms with Gasteiger partial charge in [0.1, 0.15) is 0 Å². The van der Waals surface area contributed by atoms with E-state index in [1.54, 1.807) is 0 Å². The lowest BCUT2D eigenvalue weighted by Gasteiger charge is -2.32. The molecule has 0 aromatic heterocycles. The maximum absolute atomic E-state index is 6.45. The lowest BCUT2D eigenvalue weighted by molar-refractivity contribution is 0.00578. The number of nitrogens with zero attached hydrogens (tertiary/aromatic N) is 1. The Balaban J connectivity index is 1.78. The molecular formula is C24H28BNO2. The van der Waals surface area contributed by atoms with Crippen molar-refractivity contribution in [3.63, 3.8) is 0 Å². The molecule has 0 unspecified atom stereocenters. The third kappa shape index (κ3) is 3.32. The highest BCUT2D eigenvalue weighted by molar-refractivity contribution is 6.65. The third-order valence-corrected chi connectivity index (χ3v) is 6.15. The first-order valence-electron chi connectivity index (χ1n) is 9.91. The van der Waals surface area contributed by atoms with E-state index in [-0.39, 0.29) is 18.3 Å². The van der Waals surface area contributed by atoms with Gasteiger partial charge in [0, 0.05) is 19.3 Å². The first-order chi connectivity index (χ1) is 13.3. The summed E-state index contributed by atoms with van der Waals surface area (Å²) in [5.41, 5.74) is 2.83.